The van der Waals surface area contributed by atoms with Crippen molar-refractivity contribution in [1.29, 1.82) is 0 Å². The normalized spacial score (nSPS) is 23.1. The van der Waals surface area contributed by atoms with Crippen molar-refractivity contribution in [2.75, 3.05) is 13.2 Å². The molecule has 6 nitrogen and oxygen atoms in total. The summed E-state index contributed by atoms with van der Waals surface area (Å²) in [6.07, 6.45) is 4.09. The van der Waals surface area contributed by atoms with E-state index >= 15 is 0 Å². The number of nitrogens with one attached hydrogen (secondary N) is 1. The Hall–Kier alpha value is -1.56. The van der Waals surface area contributed by atoms with Gasteiger partial charge in [0.15, 0.2) is 6.61 Å². The van der Waals surface area contributed by atoms with Crippen LogP contribution >= 0.6 is 0 Å². The third kappa shape index (κ3) is 3.96. The zero-order chi connectivity index (χ0) is 13.7. The number of rotatable bonds is 5. The predicted molar refractivity (Wildman–Crippen MR) is 67.7 cm³/mol. The zero-order valence-corrected chi connectivity index (χ0v) is 11.1. The van der Waals surface area contributed by atoms with Gasteiger partial charge in [0.25, 0.3) is 11.8 Å². The number of hydrogen-bond donors (Lipinski definition) is 2. The Balaban J connectivity index is 1.77. The Morgan fingerprint density at radius 3 is 3.05 bits per heavy atom. The van der Waals surface area contributed by atoms with Gasteiger partial charge in [0.1, 0.15) is 5.76 Å². The lowest BCUT2D eigenvalue weighted by Crippen LogP contribution is -2.45. The van der Waals surface area contributed by atoms with Gasteiger partial charge >= 0.3 is 0 Å². The van der Waals surface area contributed by atoms with E-state index in [2.05, 4.69) is 10.5 Å². The fraction of sp³-hybridized carbons (Fsp3) is 0.692. The van der Waals surface area contributed by atoms with Gasteiger partial charge in [-0.2, -0.15) is 0 Å². The highest BCUT2D eigenvalue weighted by Crippen LogP contribution is 2.23. The Labute approximate surface area is 112 Å². The summed E-state index contributed by atoms with van der Waals surface area (Å²) < 4.78 is 10.1. The maximum absolute atomic E-state index is 11.8. The highest BCUT2D eigenvalue weighted by atomic mass is 16.5. The minimum absolute atomic E-state index is 0.0499. The van der Waals surface area contributed by atoms with E-state index in [0.717, 1.165) is 25.7 Å². The van der Waals surface area contributed by atoms with Crippen molar-refractivity contribution in [1.82, 2.24) is 10.5 Å². The molecule has 1 saturated carbocycles. The molecule has 1 aliphatic carbocycles. The summed E-state index contributed by atoms with van der Waals surface area (Å²) in [6.45, 7) is 1.79. The van der Waals surface area contributed by atoms with Crippen LogP contribution in [-0.4, -0.2) is 35.4 Å². The van der Waals surface area contributed by atoms with Crippen molar-refractivity contribution < 1.29 is 19.2 Å². The summed E-state index contributed by atoms with van der Waals surface area (Å²) in [5.74, 6) is 0.927. The highest BCUT2D eigenvalue weighted by molar-refractivity contribution is 5.77. The first-order valence-electron chi connectivity index (χ1n) is 6.65. The lowest BCUT2D eigenvalue weighted by atomic mass is 9.85. The Kier molecular flexibility index (Phi) is 4.79. The number of aryl methyl sites for hydroxylation is 1. The maximum Gasteiger partial charge on any atom is 0.258 e. The minimum atomic E-state index is -0.189. The molecule has 19 heavy (non-hydrogen) atoms. The predicted octanol–water partition coefficient (Wildman–Crippen LogP) is 1.03. The molecule has 2 N–H and O–H groups in total. The van der Waals surface area contributed by atoms with E-state index in [-0.39, 0.29) is 31.1 Å². The van der Waals surface area contributed by atoms with Crippen LogP contribution in [0.3, 0.4) is 0 Å². The van der Waals surface area contributed by atoms with Crippen molar-refractivity contribution in [3.8, 4) is 5.88 Å². The molecule has 1 aromatic heterocycles. The minimum Gasteiger partial charge on any atom is -0.465 e. The third-order valence-electron chi connectivity index (χ3n) is 3.45. The van der Waals surface area contributed by atoms with Gasteiger partial charge < -0.3 is 19.7 Å². The van der Waals surface area contributed by atoms with Gasteiger partial charge in [0.2, 0.25) is 0 Å². The summed E-state index contributed by atoms with van der Waals surface area (Å²) in [7, 11) is 0. The fourth-order valence-corrected chi connectivity index (χ4v) is 2.42. The molecule has 106 valence electrons. The Bertz CT molecular complexity index is 419. The first-order chi connectivity index (χ1) is 9.19. The van der Waals surface area contributed by atoms with Crippen LogP contribution in [0.2, 0.25) is 0 Å². The van der Waals surface area contributed by atoms with Crippen molar-refractivity contribution in [3.63, 3.8) is 0 Å². The number of hydrogen-bond acceptors (Lipinski definition) is 5. The van der Waals surface area contributed by atoms with Crippen molar-refractivity contribution in [2.45, 2.75) is 38.6 Å². The summed E-state index contributed by atoms with van der Waals surface area (Å²) in [6, 6.07) is 1.68. The van der Waals surface area contributed by atoms with E-state index in [0.29, 0.717) is 11.6 Å². The molecule has 6 heteroatoms. The quantitative estimate of drug-likeness (QED) is 0.833. The summed E-state index contributed by atoms with van der Waals surface area (Å²) in [4.78, 5) is 11.8. The second-order valence-electron chi connectivity index (χ2n) is 4.97. The first kappa shape index (κ1) is 13.9. The number of aliphatic hydroxyl groups is 1. The molecule has 1 aliphatic rings. The fourth-order valence-electron chi connectivity index (χ4n) is 2.42. The molecule has 1 heterocycles. The van der Waals surface area contributed by atoms with Gasteiger partial charge in [-0.3, -0.25) is 4.79 Å². The first-order valence-corrected chi connectivity index (χ1v) is 6.65. The summed E-state index contributed by atoms with van der Waals surface area (Å²) in [5, 5.41) is 15.8. The molecule has 1 fully saturated rings. The van der Waals surface area contributed by atoms with Crippen molar-refractivity contribution >= 4 is 5.91 Å². The van der Waals surface area contributed by atoms with Crippen LogP contribution in [0.4, 0.5) is 0 Å². The van der Waals surface area contributed by atoms with Crippen LogP contribution < -0.4 is 10.1 Å². The number of aromatic nitrogens is 1. The molecule has 0 spiro atoms. The lowest BCUT2D eigenvalue weighted by Gasteiger charge is -2.30. The van der Waals surface area contributed by atoms with Crippen molar-refractivity contribution in [2.24, 2.45) is 5.92 Å². The average Bonchev–Trinajstić information content (AvgIpc) is 2.83. The molecule has 2 rings (SSSR count). The van der Waals surface area contributed by atoms with Gasteiger partial charge in [-0.25, -0.2) is 0 Å². The maximum atomic E-state index is 11.8. The molecule has 1 amide bonds. The number of ether oxygens (including phenoxy) is 1. The van der Waals surface area contributed by atoms with E-state index in [4.69, 9.17) is 9.26 Å². The zero-order valence-electron chi connectivity index (χ0n) is 11.1. The van der Waals surface area contributed by atoms with Gasteiger partial charge in [-0.15, -0.1) is 0 Å². The van der Waals surface area contributed by atoms with Gasteiger partial charge in [-0.05, 0) is 24.9 Å². The van der Waals surface area contributed by atoms with E-state index in [9.17, 15) is 9.90 Å². The van der Waals surface area contributed by atoms with Gasteiger partial charge in [0.05, 0.1) is 0 Å². The molecule has 0 aromatic carbocycles. The Morgan fingerprint density at radius 2 is 2.37 bits per heavy atom. The lowest BCUT2D eigenvalue weighted by molar-refractivity contribution is -0.124. The second kappa shape index (κ2) is 6.56. The largest absolute Gasteiger partial charge is 0.465 e. The average molecular weight is 268 g/mol. The monoisotopic (exact) mass is 268 g/mol. The van der Waals surface area contributed by atoms with Crippen LogP contribution in [0.1, 0.15) is 31.4 Å². The molecule has 2 atom stereocenters. The number of aliphatic hydroxyl groups excluding tert-OH is 1. The molecule has 0 bridgehead atoms. The molecule has 1 aromatic rings. The van der Waals surface area contributed by atoms with Crippen LogP contribution in [-0.2, 0) is 4.79 Å². The Morgan fingerprint density at radius 1 is 1.58 bits per heavy atom. The topological polar surface area (TPSA) is 84.6 Å². The SMILES string of the molecule is Cc1cc(OCC(=O)NC2CCCCC2CO)no1. The molecule has 2 unspecified atom stereocenters. The van der Waals surface area contributed by atoms with E-state index in [1.54, 1.807) is 13.0 Å². The van der Waals surface area contributed by atoms with Crippen LogP contribution in [0.5, 0.6) is 5.88 Å². The van der Waals surface area contributed by atoms with Crippen LogP contribution in [0.15, 0.2) is 10.6 Å². The summed E-state index contributed by atoms with van der Waals surface area (Å²) >= 11 is 0. The van der Waals surface area contributed by atoms with Gasteiger partial charge in [0, 0.05) is 24.6 Å². The third-order valence-corrected chi connectivity index (χ3v) is 3.45. The van der Waals surface area contributed by atoms with E-state index < -0.39 is 0 Å². The molecule has 0 aliphatic heterocycles. The number of nitrogens with zero attached hydrogens (tertiary/aromatic N) is 1. The van der Waals surface area contributed by atoms with Crippen LogP contribution in [0, 0.1) is 12.8 Å². The van der Waals surface area contributed by atoms with E-state index in [1.165, 1.54) is 0 Å². The van der Waals surface area contributed by atoms with E-state index in [1.807, 2.05) is 0 Å². The molecule has 0 radical (unpaired) electrons. The number of carbonyl (C=O) groups is 1. The standard InChI is InChI=1S/C13H20N2O4/c1-9-6-13(15-19-9)18-8-12(17)14-11-5-3-2-4-10(11)7-16/h6,10-11,16H,2-5,7-8H2,1H3,(H,14,17). The molecular weight excluding hydrogens is 248 g/mol. The van der Waals surface area contributed by atoms with Crippen molar-refractivity contribution in [3.05, 3.63) is 11.8 Å². The highest BCUT2D eigenvalue weighted by Gasteiger charge is 2.25. The van der Waals surface area contributed by atoms with Crippen LogP contribution in [0.25, 0.3) is 0 Å². The number of carbonyl (C=O) groups excluding carboxylic acids is 1. The van der Waals surface area contributed by atoms with Gasteiger partial charge in [-0.1, -0.05) is 12.8 Å². The second-order valence-corrected chi connectivity index (χ2v) is 4.97. The molecule has 0 saturated heterocycles. The smallest absolute Gasteiger partial charge is 0.258 e. The molecular formula is C13H20N2O4. The summed E-state index contributed by atoms with van der Waals surface area (Å²) in [5.41, 5.74) is 0. The number of amides is 1.